The van der Waals surface area contributed by atoms with Gasteiger partial charge in [-0.25, -0.2) is 4.98 Å². The lowest BCUT2D eigenvalue weighted by atomic mass is 10.1. The van der Waals surface area contributed by atoms with Gasteiger partial charge in [0.05, 0.1) is 31.4 Å². The third-order valence-electron chi connectivity index (χ3n) is 2.03. The molecule has 0 aromatic carbocycles. The van der Waals surface area contributed by atoms with Crippen molar-refractivity contribution >= 4 is 0 Å². The maximum absolute atomic E-state index is 5.83. The molecule has 15 heavy (non-hydrogen) atoms. The average Bonchev–Trinajstić information content (AvgIpc) is 2.49. The number of hydrogen-bond donors (Lipinski definition) is 1. The van der Waals surface area contributed by atoms with E-state index < -0.39 is 0 Å². The summed E-state index contributed by atoms with van der Waals surface area (Å²) >= 11 is 0. The third-order valence-corrected chi connectivity index (χ3v) is 2.03. The molecule has 1 rings (SSSR count). The van der Waals surface area contributed by atoms with Crippen molar-refractivity contribution in [2.45, 2.75) is 45.9 Å². The Labute approximate surface area is 91.4 Å². The van der Waals surface area contributed by atoms with Crippen molar-refractivity contribution in [2.24, 2.45) is 5.73 Å². The van der Waals surface area contributed by atoms with Crippen LogP contribution in [0.2, 0.25) is 0 Å². The minimum absolute atomic E-state index is 0.275. The fourth-order valence-corrected chi connectivity index (χ4v) is 1.33. The topological polar surface area (TPSA) is 53.1 Å². The summed E-state index contributed by atoms with van der Waals surface area (Å²) in [6.45, 7) is 9.27. The van der Waals surface area contributed by atoms with E-state index in [9.17, 15) is 0 Å². The van der Waals surface area contributed by atoms with Crippen LogP contribution in [0.5, 0.6) is 0 Å². The zero-order valence-electron chi connectivity index (χ0n) is 10.0. The first kappa shape index (κ1) is 12.2. The van der Waals surface area contributed by atoms with Gasteiger partial charge in [-0.2, -0.15) is 0 Å². The highest BCUT2D eigenvalue weighted by Crippen LogP contribution is 2.10. The van der Waals surface area contributed by atoms with Gasteiger partial charge in [-0.1, -0.05) is 0 Å². The quantitative estimate of drug-likeness (QED) is 0.806. The van der Waals surface area contributed by atoms with Crippen LogP contribution in [-0.2, 0) is 11.3 Å². The molecule has 0 saturated heterocycles. The smallest absolute Gasteiger partial charge is 0.0951 e. The average molecular weight is 211 g/mol. The van der Waals surface area contributed by atoms with Crippen molar-refractivity contribution in [3.63, 3.8) is 0 Å². The SMILES string of the molecule is CC(C)n1cncc1COCC(C)(C)N. The van der Waals surface area contributed by atoms with E-state index in [1.165, 1.54) is 0 Å². The van der Waals surface area contributed by atoms with Crippen LogP contribution < -0.4 is 5.73 Å². The molecule has 0 aliphatic heterocycles. The molecule has 1 aromatic heterocycles. The van der Waals surface area contributed by atoms with Crippen molar-refractivity contribution in [2.75, 3.05) is 6.61 Å². The highest BCUT2D eigenvalue weighted by atomic mass is 16.5. The lowest BCUT2D eigenvalue weighted by molar-refractivity contribution is 0.0806. The summed E-state index contributed by atoms with van der Waals surface area (Å²) in [4.78, 5) is 4.11. The Balaban J connectivity index is 2.47. The van der Waals surface area contributed by atoms with Gasteiger partial charge in [-0.15, -0.1) is 0 Å². The van der Waals surface area contributed by atoms with Gasteiger partial charge in [-0.3, -0.25) is 0 Å². The Hall–Kier alpha value is -0.870. The summed E-state index contributed by atoms with van der Waals surface area (Å²) < 4.78 is 7.65. The van der Waals surface area contributed by atoms with E-state index in [1.807, 2.05) is 26.4 Å². The van der Waals surface area contributed by atoms with E-state index in [-0.39, 0.29) is 5.54 Å². The van der Waals surface area contributed by atoms with Gasteiger partial charge in [0.15, 0.2) is 0 Å². The number of aromatic nitrogens is 2. The Morgan fingerprint density at radius 2 is 2.20 bits per heavy atom. The van der Waals surface area contributed by atoms with Crippen LogP contribution in [0.25, 0.3) is 0 Å². The second-order valence-electron chi connectivity index (χ2n) is 4.87. The molecule has 0 atom stereocenters. The predicted molar refractivity (Wildman–Crippen MR) is 60.5 cm³/mol. The number of ether oxygens (including phenoxy) is 1. The molecule has 0 amide bonds. The standard InChI is InChI=1S/C11H21N3O/c1-9(2)14-8-13-5-10(14)6-15-7-11(3,4)12/h5,8-9H,6-7,12H2,1-4H3. The van der Waals surface area contributed by atoms with Crippen LogP contribution in [0.1, 0.15) is 39.4 Å². The van der Waals surface area contributed by atoms with Crippen LogP contribution in [-0.4, -0.2) is 21.7 Å². The number of nitrogens with zero attached hydrogens (tertiary/aromatic N) is 2. The molecular weight excluding hydrogens is 190 g/mol. The van der Waals surface area contributed by atoms with Crippen molar-refractivity contribution in [1.82, 2.24) is 9.55 Å². The lowest BCUT2D eigenvalue weighted by Crippen LogP contribution is -2.37. The summed E-state index contributed by atoms with van der Waals surface area (Å²) in [5.41, 5.74) is 6.64. The molecule has 0 fully saturated rings. The molecule has 2 N–H and O–H groups in total. The molecule has 0 aliphatic carbocycles. The lowest BCUT2D eigenvalue weighted by Gasteiger charge is -2.19. The fourth-order valence-electron chi connectivity index (χ4n) is 1.33. The van der Waals surface area contributed by atoms with E-state index in [2.05, 4.69) is 23.4 Å². The van der Waals surface area contributed by atoms with Crippen LogP contribution in [0.3, 0.4) is 0 Å². The zero-order chi connectivity index (χ0) is 11.5. The summed E-state index contributed by atoms with van der Waals surface area (Å²) in [5, 5.41) is 0. The zero-order valence-corrected chi connectivity index (χ0v) is 10.0. The van der Waals surface area contributed by atoms with Gasteiger partial charge < -0.3 is 15.0 Å². The monoisotopic (exact) mass is 211 g/mol. The molecule has 0 aliphatic rings. The van der Waals surface area contributed by atoms with Gasteiger partial charge in [0, 0.05) is 11.6 Å². The molecule has 1 heterocycles. The van der Waals surface area contributed by atoms with Gasteiger partial charge in [0.25, 0.3) is 0 Å². The van der Waals surface area contributed by atoms with E-state index >= 15 is 0 Å². The van der Waals surface area contributed by atoms with E-state index in [0.717, 1.165) is 5.69 Å². The summed E-state index contributed by atoms with van der Waals surface area (Å²) in [7, 11) is 0. The first-order valence-corrected chi connectivity index (χ1v) is 5.27. The van der Waals surface area contributed by atoms with Crippen LogP contribution in [0, 0.1) is 0 Å². The molecule has 0 unspecified atom stereocenters. The fraction of sp³-hybridized carbons (Fsp3) is 0.727. The molecule has 4 nitrogen and oxygen atoms in total. The normalized spacial score (nSPS) is 12.4. The Kier molecular flexibility index (Phi) is 3.88. The van der Waals surface area contributed by atoms with Crippen LogP contribution in [0.15, 0.2) is 12.5 Å². The highest BCUT2D eigenvalue weighted by molar-refractivity contribution is 4.98. The molecular formula is C11H21N3O. The van der Waals surface area contributed by atoms with Crippen molar-refractivity contribution in [3.05, 3.63) is 18.2 Å². The Morgan fingerprint density at radius 1 is 1.53 bits per heavy atom. The largest absolute Gasteiger partial charge is 0.373 e. The second-order valence-corrected chi connectivity index (χ2v) is 4.87. The Morgan fingerprint density at radius 3 is 2.73 bits per heavy atom. The highest BCUT2D eigenvalue weighted by Gasteiger charge is 2.11. The van der Waals surface area contributed by atoms with Crippen LogP contribution in [0.4, 0.5) is 0 Å². The molecule has 0 saturated carbocycles. The second kappa shape index (κ2) is 4.77. The molecule has 0 radical (unpaired) electrons. The van der Waals surface area contributed by atoms with Crippen molar-refractivity contribution in [1.29, 1.82) is 0 Å². The van der Waals surface area contributed by atoms with Gasteiger partial charge in [-0.05, 0) is 27.7 Å². The Bertz CT molecular complexity index is 299. The molecule has 86 valence electrons. The van der Waals surface area contributed by atoms with Crippen molar-refractivity contribution < 1.29 is 4.74 Å². The van der Waals surface area contributed by atoms with Gasteiger partial charge in [0.2, 0.25) is 0 Å². The molecule has 0 spiro atoms. The minimum Gasteiger partial charge on any atom is -0.373 e. The van der Waals surface area contributed by atoms with E-state index in [0.29, 0.717) is 19.3 Å². The van der Waals surface area contributed by atoms with Gasteiger partial charge in [0.1, 0.15) is 0 Å². The number of rotatable bonds is 5. The van der Waals surface area contributed by atoms with E-state index in [1.54, 1.807) is 0 Å². The van der Waals surface area contributed by atoms with E-state index in [4.69, 9.17) is 10.5 Å². The first-order chi connectivity index (χ1) is 6.90. The number of nitrogens with two attached hydrogens (primary N) is 1. The first-order valence-electron chi connectivity index (χ1n) is 5.27. The molecule has 4 heteroatoms. The van der Waals surface area contributed by atoms with Gasteiger partial charge >= 0.3 is 0 Å². The number of hydrogen-bond acceptors (Lipinski definition) is 3. The summed E-state index contributed by atoms with van der Waals surface area (Å²) in [6, 6.07) is 0.414. The summed E-state index contributed by atoms with van der Waals surface area (Å²) in [6.07, 6.45) is 3.67. The maximum atomic E-state index is 5.83. The minimum atomic E-state index is -0.275. The molecule has 0 bridgehead atoms. The summed E-state index contributed by atoms with van der Waals surface area (Å²) in [5.74, 6) is 0. The van der Waals surface area contributed by atoms with Crippen LogP contribution >= 0.6 is 0 Å². The predicted octanol–water partition coefficient (Wildman–Crippen LogP) is 1.72. The number of imidazole rings is 1. The van der Waals surface area contributed by atoms with Crippen molar-refractivity contribution in [3.8, 4) is 0 Å². The maximum Gasteiger partial charge on any atom is 0.0951 e. The third kappa shape index (κ3) is 4.01. The molecule has 1 aromatic rings.